The number of rotatable bonds is 7. The summed E-state index contributed by atoms with van der Waals surface area (Å²) in [6.45, 7) is 5.60. The fraction of sp³-hybridized carbons (Fsp3) is 0.667. The fourth-order valence-electron chi connectivity index (χ4n) is 3.26. The molecule has 0 bridgehead atoms. The summed E-state index contributed by atoms with van der Waals surface area (Å²) in [4.78, 5) is 1.20. The molecule has 1 aliphatic carbocycles. The Hall–Kier alpha value is -0.540. The van der Waals surface area contributed by atoms with E-state index in [1.165, 1.54) is 43.4 Å². The van der Waals surface area contributed by atoms with Gasteiger partial charge in [0, 0.05) is 16.2 Å². The highest BCUT2D eigenvalue weighted by atomic mass is 32.2. The molecule has 21 heavy (non-hydrogen) atoms. The van der Waals surface area contributed by atoms with Gasteiger partial charge in [0.05, 0.1) is 0 Å². The third-order valence-corrected chi connectivity index (χ3v) is 5.72. The van der Waals surface area contributed by atoms with E-state index in [4.69, 9.17) is 0 Å². The molecule has 1 saturated carbocycles. The molecule has 1 nitrogen and oxygen atoms in total. The summed E-state index contributed by atoms with van der Waals surface area (Å²) in [5, 5.41) is 4.34. The molecule has 0 aliphatic heterocycles. The first kappa shape index (κ1) is 16.8. The van der Waals surface area contributed by atoms with Crippen molar-refractivity contribution >= 4 is 11.8 Å². The van der Waals surface area contributed by atoms with Crippen LogP contribution in [-0.4, -0.2) is 17.8 Å². The van der Waals surface area contributed by atoms with Gasteiger partial charge in [-0.1, -0.05) is 26.7 Å². The van der Waals surface area contributed by atoms with E-state index in [0.29, 0.717) is 11.3 Å². The van der Waals surface area contributed by atoms with Crippen molar-refractivity contribution in [3.63, 3.8) is 0 Å². The fourth-order valence-corrected chi connectivity index (χ4v) is 4.67. The molecule has 118 valence electrons. The van der Waals surface area contributed by atoms with Crippen LogP contribution in [0.2, 0.25) is 0 Å². The molecule has 3 heteroatoms. The number of thioether (sulfide) groups is 1. The lowest BCUT2D eigenvalue weighted by atomic mass is 9.83. The number of halogens is 1. The van der Waals surface area contributed by atoms with Gasteiger partial charge in [-0.25, -0.2) is 4.39 Å². The minimum Gasteiger partial charge on any atom is -0.313 e. The van der Waals surface area contributed by atoms with Crippen LogP contribution in [0, 0.1) is 11.7 Å². The molecule has 1 aromatic carbocycles. The Kier molecular flexibility index (Phi) is 7.05. The molecule has 0 heterocycles. The van der Waals surface area contributed by atoms with Gasteiger partial charge in [0.2, 0.25) is 0 Å². The molecular weight excluding hydrogens is 281 g/mol. The van der Waals surface area contributed by atoms with E-state index in [9.17, 15) is 4.39 Å². The Morgan fingerprint density at radius 1 is 1.14 bits per heavy atom. The largest absolute Gasteiger partial charge is 0.313 e. The lowest BCUT2D eigenvalue weighted by molar-refractivity contribution is 0.287. The van der Waals surface area contributed by atoms with Crippen LogP contribution in [0.15, 0.2) is 29.2 Å². The first-order valence-electron chi connectivity index (χ1n) is 8.38. The van der Waals surface area contributed by atoms with Crippen molar-refractivity contribution in [1.82, 2.24) is 5.32 Å². The van der Waals surface area contributed by atoms with Gasteiger partial charge in [0.1, 0.15) is 5.82 Å². The van der Waals surface area contributed by atoms with E-state index in [1.807, 2.05) is 23.9 Å². The maximum Gasteiger partial charge on any atom is 0.123 e. The zero-order valence-corrected chi connectivity index (χ0v) is 14.1. The van der Waals surface area contributed by atoms with Crippen LogP contribution in [0.3, 0.4) is 0 Å². The van der Waals surface area contributed by atoms with Crippen LogP contribution < -0.4 is 5.32 Å². The van der Waals surface area contributed by atoms with Gasteiger partial charge in [-0.2, -0.15) is 0 Å². The van der Waals surface area contributed by atoms with Crippen LogP contribution >= 0.6 is 11.8 Å². The molecule has 0 saturated heterocycles. The second kappa shape index (κ2) is 8.79. The summed E-state index contributed by atoms with van der Waals surface area (Å²) in [7, 11) is 0. The molecule has 1 N–H and O–H groups in total. The van der Waals surface area contributed by atoms with Crippen molar-refractivity contribution in [3.8, 4) is 0 Å². The average Bonchev–Trinajstić information content (AvgIpc) is 2.49. The van der Waals surface area contributed by atoms with Crippen LogP contribution in [0.1, 0.15) is 52.4 Å². The van der Waals surface area contributed by atoms with E-state index in [1.54, 1.807) is 12.1 Å². The van der Waals surface area contributed by atoms with Crippen molar-refractivity contribution in [2.45, 2.75) is 68.6 Å². The molecule has 0 radical (unpaired) electrons. The lowest BCUT2D eigenvalue weighted by Crippen LogP contribution is -2.42. The third kappa shape index (κ3) is 5.30. The summed E-state index contributed by atoms with van der Waals surface area (Å²) >= 11 is 1.93. The quantitative estimate of drug-likeness (QED) is 0.738. The number of hydrogen-bond acceptors (Lipinski definition) is 2. The first-order valence-corrected chi connectivity index (χ1v) is 9.26. The minimum atomic E-state index is -0.146. The maximum absolute atomic E-state index is 13.0. The second-order valence-electron chi connectivity index (χ2n) is 6.14. The Balaban J connectivity index is 1.99. The highest BCUT2D eigenvalue weighted by molar-refractivity contribution is 8.00. The van der Waals surface area contributed by atoms with Gasteiger partial charge < -0.3 is 5.32 Å². The zero-order valence-electron chi connectivity index (χ0n) is 13.3. The second-order valence-corrected chi connectivity index (χ2v) is 7.45. The van der Waals surface area contributed by atoms with Gasteiger partial charge >= 0.3 is 0 Å². The zero-order chi connectivity index (χ0) is 15.1. The Morgan fingerprint density at radius 2 is 1.90 bits per heavy atom. The van der Waals surface area contributed by atoms with E-state index < -0.39 is 0 Å². The van der Waals surface area contributed by atoms with E-state index in [0.717, 1.165) is 12.5 Å². The van der Waals surface area contributed by atoms with E-state index in [2.05, 4.69) is 19.2 Å². The van der Waals surface area contributed by atoms with Crippen molar-refractivity contribution in [2.75, 3.05) is 6.54 Å². The Bertz CT molecular complexity index is 406. The van der Waals surface area contributed by atoms with Gasteiger partial charge in [-0.05, 0) is 62.4 Å². The minimum absolute atomic E-state index is 0.146. The summed E-state index contributed by atoms with van der Waals surface area (Å²) in [6.07, 6.45) is 7.74. The van der Waals surface area contributed by atoms with Gasteiger partial charge in [-0.15, -0.1) is 11.8 Å². The third-order valence-electron chi connectivity index (χ3n) is 4.35. The number of benzene rings is 1. The van der Waals surface area contributed by atoms with Crippen LogP contribution in [0.25, 0.3) is 0 Å². The molecule has 1 aliphatic rings. The summed E-state index contributed by atoms with van der Waals surface area (Å²) < 4.78 is 13.0. The summed E-state index contributed by atoms with van der Waals surface area (Å²) in [6, 6.07) is 7.58. The van der Waals surface area contributed by atoms with E-state index in [-0.39, 0.29) is 5.82 Å². The molecule has 0 spiro atoms. The van der Waals surface area contributed by atoms with Crippen LogP contribution in [0.5, 0.6) is 0 Å². The van der Waals surface area contributed by atoms with E-state index >= 15 is 0 Å². The smallest absolute Gasteiger partial charge is 0.123 e. The predicted molar refractivity (Wildman–Crippen MR) is 90.4 cm³/mol. The van der Waals surface area contributed by atoms with Crippen molar-refractivity contribution in [3.05, 3.63) is 30.1 Å². The first-order chi connectivity index (χ1) is 10.2. The number of hydrogen-bond donors (Lipinski definition) is 1. The Morgan fingerprint density at radius 3 is 2.57 bits per heavy atom. The highest BCUT2D eigenvalue weighted by Gasteiger charge is 2.30. The molecule has 3 unspecified atom stereocenters. The lowest BCUT2D eigenvalue weighted by Gasteiger charge is -2.36. The Labute approximate surface area is 133 Å². The predicted octanol–water partition coefficient (Wildman–Crippen LogP) is 5.25. The summed E-state index contributed by atoms with van der Waals surface area (Å²) in [5.74, 6) is 0.722. The van der Waals surface area contributed by atoms with Gasteiger partial charge in [0.25, 0.3) is 0 Å². The maximum atomic E-state index is 13.0. The van der Waals surface area contributed by atoms with Crippen molar-refractivity contribution in [2.24, 2.45) is 5.92 Å². The van der Waals surface area contributed by atoms with Gasteiger partial charge in [0.15, 0.2) is 0 Å². The number of nitrogens with one attached hydrogen (secondary N) is 1. The topological polar surface area (TPSA) is 12.0 Å². The molecule has 0 amide bonds. The molecule has 1 fully saturated rings. The van der Waals surface area contributed by atoms with Crippen LogP contribution in [-0.2, 0) is 0 Å². The van der Waals surface area contributed by atoms with Gasteiger partial charge in [-0.3, -0.25) is 0 Å². The molecule has 1 aromatic rings. The van der Waals surface area contributed by atoms with Crippen molar-refractivity contribution in [1.29, 1.82) is 0 Å². The summed E-state index contributed by atoms with van der Waals surface area (Å²) in [5.41, 5.74) is 0. The molecule has 2 rings (SSSR count). The molecule has 3 atom stereocenters. The standard InChI is InChI=1S/C18H28FNS/c1-3-5-14-6-11-17(20-12-4-2)18(13-14)21-16-9-7-15(19)8-10-16/h7-10,14,17-18,20H,3-6,11-13H2,1-2H3. The highest BCUT2D eigenvalue weighted by Crippen LogP contribution is 2.38. The molecular formula is C18H28FNS. The average molecular weight is 309 g/mol. The SMILES string of the molecule is CCCNC1CCC(CCC)CC1Sc1ccc(F)cc1. The van der Waals surface area contributed by atoms with Crippen LogP contribution in [0.4, 0.5) is 4.39 Å². The molecule has 0 aromatic heterocycles. The monoisotopic (exact) mass is 309 g/mol. The van der Waals surface area contributed by atoms with Crippen molar-refractivity contribution < 1.29 is 4.39 Å². The normalized spacial score (nSPS) is 26.0.